The highest BCUT2D eigenvalue weighted by atomic mass is 32.2. The van der Waals surface area contributed by atoms with Gasteiger partial charge in [0, 0.05) is 24.6 Å². The first-order valence-electron chi connectivity index (χ1n) is 26.0. The van der Waals surface area contributed by atoms with E-state index in [1.165, 1.54) is 199 Å². The van der Waals surface area contributed by atoms with Crippen molar-refractivity contribution in [2.24, 2.45) is 0 Å². The molecule has 1 aliphatic carbocycles. The molecule has 1 saturated carbocycles. The first-order chi connectivity index (χ1) is 28.5. The van der Waals surface area contributed by atoms with E-state index in [9.17, 15) is 9.59 Å². The molecular formula is C51H100N2O4S. The van der Waals surface area contributed by atoms with E-state index in [4.69, 9.17) is 9.47 Å². The lowest BCUT2D eigenvalue weighted by atomic mass is 10.0. The molecule has 0 heterocycles. The average molecular weight is 837 g/mol. The molecule has 0 radical (unpaired) electrons. The molecule has 1 fully saturated rings. The van der Waals surface area contributed by atoms with Crippen molar-refractivity contribution < 1.29 is 19.1 Å². The van der Waals surface area contributed by atoms with Crippen LogP contribution in [0.5, 0.6) is 0 Å². The second-order valence-electron chi connectivity index (χ2n) is 18.1. The Morgan fingerprint density at radius 1 is 0.500 bits per heavy atom. The highest BCUT2D eigenvalue weighted by Gasteiger charge is 2.18. The van der Waals surface area contributed by atoms with Crippen LogP contribution >= 0.6 is 11.9 Å². The van der Waals surface area contributed by atoms with Crippen LogP contribution in [0.1, 0.15) is 272 Å². The van der Waals surface area contributed by atoms with E-state index in [1.54, 1.807) is 0 Å². The normalized spacial score (nSPS) is 13.7. The van der Waals surface area contributed by atoms with Crippen LogP contribution in [0.25, 0.3) is 0 Å². The summed E-state index contributed by atoms with van der Waals surface area (Å²) in [4.78, 5) is 28.0. The van der Waals surface area contributed by atoms with E-state index in [1.807, 2.05) is 11.9 Å². The van der Waals surface area contributed by atoms with Crippen molar-refractivity contribution in [1.29, 1.82) is 0 Å². The molecule has 0 aliphatic heterocycles. The van der Waals surface area contributed by atoms with Gasteiger partial charge in [-0.2, -0.15) is 0 Å². The van der Waals surface area contributed by atoms with Crippen LogP contribution in [-0.4, -0.2) is 60.5 Å². The molecule has 0 aromatic carbocycles. The first kappa shape index (κ1) is 55.2. The Balaban J connectivity index is 2.28. The monoisotopic (exact) mass is 837 g/mol. The molecule has 0 aromatic heterocycles. The van der Waals surface area contributed by atoms with Crippen LogP contribution in [0, 0.1) is 0 Å². The lowest BCUT2D eigenvalue weighted by Crippen LogP contribution is -2.29. The van der Waals surface area contributed by atoms with Gasteiger partial charge in [0.2, 0.25) is 0 Å². The summed E-state index contributed by atoms with van der Waals surface area (Å²) in [7, 11) is 0. The minimum atomic E-state index is 0.0132. The van der Waals surface area contributed by atoms with Crippen LogP contribution in [0.2, 0.25) is 0 Å². The van der Waals surface area contributed by atoms with Gasteiger partial charge in [0.15, 0.2) is 0 Å². The molecule has 1 atom stereocenters. The van der Waals surface area contributed by atoms with Crippen molar-refractivity contribution in [2.45, 2.75) is 289 Å². The predicted octanol–water partition coefficient (Wildman–Crippen LogP) is 15.6. The molecule has 0 amide bonds. The molecule has 1 rings (SSSR count). The molecule has 0 aromatic rings. The van der Waals surface area contributed by atoms with Gasteiger partial charge in [-0.05, 0) is 110 Å². The van der Waals surface area contributed by atoms with Gasteiger partial charge >= 0.3 is 11.9 Å². The van der Waals surface area contributed by atoms with Gasteiger partial charge in [0.25, 0.3) is 0 Å². The van der Waals surface area contributed by atoms with E-state index in [-0.39, 0.29) is 24.1 Å². The summed E-state index contributed by atoms with van der Waals surface area (Å²) in [5.41, 5.74) is 0. The van der Waals surface area contributed by atoms with Crippen molar-refractivity contribution in [2.75, 3.05) is 26.2 Å². The number of hydrogen-bond acceptors (Lipinski definition) is 7. The molecule has 6 nitrogen and oxygen atoms in total. The Morgan fingerprint density at radius 3 is 1.31 bits per heavy atom. The van der Waals surface area contributed by atoms with E-state index in [0.717, 1.165) is 63.2 Å². The van der Waals surface area contributed by atoms with Gasteiger partial charge in [-0.15, -0.1) is 0 Å². The van der Waals surface area contributed by atoms with Crippen LogP contribution in [0.4, 0.5) is 0 Å². The fraction of sp³-hybridized carbons (Fsp3) is 0.961. The summed E-state index contributed by atoms with van der Waals surface area (Å²) in [5.74, 6) is 0.0559. The van der Waals surface area contributed by atoms with E-state index >= 15 is 0 Å². The molecule has 0 saturated heterocycles. The fourth-order valence-corrected chi connectivity index (χ4v) is 9.27. The van der Waals surface area contributed by atoms with Gasteiger partial charge in [-0.25, -0.2) is 0 Å². The maximum absolute atomic E-state index is 12.9. The predicted molar refractivity (Wildman–Crippen MR) is 254 cm³/mol. The van der Waals surface area contributed by atoms with Crippen molar-refractivity contribution in [3.8, 4) is 0 Å². The largest absolute Gasteiger partial charge is 0.462 e. The van der Waals surface area contributed by atoms with Crippen molar-refractivity contribution >= 4 is 23.9 Å². The van der Waals surface area contributed by atoms with Crippen LogP contribution in [0.3, 0.4) is 0 Å². The number of rotatable bonds is 46. The second kappa shape index (κ2) is 42.9. The third-order valence-corrected chi connectivity index (χ3v) is 13.6. The van der Waals surface area contributed by atoms with Gasteiger partial charge in [-0.3, -0.25) is 14.3 Å². The Morgan fingerprint density at radius 2 is 0.879 bits per heavy atom. The van der Waals surface area contributed by atoms with Crippen molar-refractivity contribution in [3.05, 3.63) is 0 Å². The zero-order valence-corrected chi connectivity index (χ0v) is 40.2. The molecule has 0 bridgehead atoms. The number of carbonyl (C=O) groups excluding carboxylic acids is 2. The molecule has 0 spiro atoms. The topological polar surface area (TPSA) is 67.9 Å². The van der Waals surface area contributed by atoms with Crippen LogP contribution in [0.15, 0.2) is 0 Å². The van der Waals surface area contributed by atoms with Gasteiger partial charge < -0.3 is 14.4 Å². The van der Waals surface area contributed by atoms with E-state index in [0.29, 0.717) is 12.8 Å². The van der Waals surface area contributed by atoms with Gasteiger partial charge in [0.1, 0.15) is 12.2 Å². The van der Waals surface area contributed by atoms with Crippen LogP contribution < -0.4 is 4.72 Å². The third kappa shape index (κ3) is 35.9. The van der Waals surface area contributed by atoms with E-state index < -0.39 is 0 Å². The average Bonchev–Trinajstić information content (AvgIpc) is 3.20. The maximum Gasteiger partial charge on any atom is 0.306 e. The molecule has 58 heavy (non-hydrogen) atoms. The lowest BCUT2D eigenvalue weighted by Gasteiger charge is -2.25. The van der Waals surface area contributed by atoms with Gasteiger partial charge in [0.05, 0.1) is 0 Å². The van der Waals surface area contributed by atoms with E-state index in [2.05, 4.69) is 37.3 Å². The number of nitrogens with one attached hydrogen (secondary N) is 1. The summed E-state index contributed by atoms with van der Waals surface area (Å²) in [6.07, 6.45) is 45.6. The Hall–Kier alpha value is -0.790. The number of unbranched alkanes of at least 4 members (excludes halogenated alkanes) is 23. The number of esters is 2. The summed E-state index contributed by atoms with van der Waals surface area (Å²) >= 11 is 1.97. The molecule has 344 valence electrons. The fourth-order valence-electron chi connectivity index (χ4n) is 8.20. The highest BCUT2D eigenvalue weighted by Crippen LogP contribution is 2.29. The Kier molecular flexibility index (Phi) is 40.8. The number of ether oxygens (including phenoxy) is 2. The first-order valence-corrected chi connectivity index (χ1v) is 26.9. The SMILES string of the molecule is CCCCCCCCC(CC)OC(=O)CCCCCCCN(CCCCCCCC(=O)OC(CCCCCCCC)CCCCCCCC)CCCNSC1CCC1. The summed E-state index contributed by atoms with van der Waals surface area (Å²) in [5, 5.41) is 0.842. The van der Waals surface area contributed by atoms with Crippen LogP contribution in [-0.2, 0) is 19.1 Å². The van der Waals surface area contributed by atoms with Gasteiger partial charge in [-0.1, -0.05) is 181 Å². The smallest absolute Gasteiger partial charge is 0.306 e. The molecular weight excluding hydrogens is 737 g/mol. The molecule has 1 unspecified atom stereocenters. The van der Waals surface area contributed by atoms with Crippen molar-refractivity contribution in [3.63, 3.8) is 0 Å². The third-order valence-electron chi connectivity index (χ3n) is 12.5. The Labute approximate surface area is 366 Å². The minimum Gasteiger partial charge on any atom is -0.462 e. The summed E-state index contributed by atoms with van der Waals surface area (Å²) in [6.45, 7) is 13.6. The van der Waals surface area contributed by atoms with Crippen molar-refractivity contribution in [1.82, 2.24) is 9.62 Å². The molecule has 7 heteroatoms. The zero-order valence-electron chi connectivity index (χ0n) is 39.4. The number of nitrogens with zero attached hydrogens (tertiary/aromatic N) is 1. The maximum atomic E-state index is 12.9. The lowest BCUT2D eigenvalue weighted by molar-refractivity contribution is -0.150. The quantitative estimate of drug-likeness (QED) is 0.0372. The second-order valence-corrected chi connectivity index (χ2v) is 19.3. The minimum absolute atomic E-state index is 0.0132. The standard InChI is InChI=1S/C51H100N2O4S/c1-5-9-12-15-20-27-36-47(8-4)56-50(54)41-30-23-18-25-32-44-53(46-35-43-52-58-49-39-34-40-49)45-33-26-19-24-31-42-51(55)57-48(37-28-21-16-13-10-6-2)38-29-22-17-14-11-7-3/h47-49,52H,5-46H2,1-4H3. The summed E-state index contributed by atoms with van der Waals surface area (Å²) in [6, 6.07) is 0. The molecule has 1 N–H and O–H groups in total. The zero-order chi connectivity index (χ0) is 42.0. The molecule has 1 aliphatic rings. The number of carbonyl (C=O) groups is 2. The summed E-state index contributed by atoms with van der Waals surface area (Å²) < 4.78 is 15.6. The number of hydrogen-bond donors (Lipinski definition) is 1. The highest BCUT2D eigenvalue weighted by molar-refractivity contribution is 7.98. The Bertz CT molecular complexity index is 871.